The van der Waals surface area contributed by atoms with Crippen LogP contribution in [0, 0.1) is 13.8 Å². The Morgan fingerprint density at radius 1 is 0.625 bits per heavy atom. The van der Waals surface area contributed by atoms with Crippen LogP contribution in [0.3, 0.4) is 0 Å². The first-order valence-electron chi connectivity index (χ1n) is 17.2. The van der Waals surface area contributed by atoms with Gasteiger partial charge in [-0.2, -0.15) is 0 Å². The number of aryl methyl sites for hydroxylation is 2. The predicted molar refractivity (Wildman–Crippen MR) is 205 cm³/mol. The van der Waals surface area contributed by atoms with E-state index < -0.39 is 0 Å². The maximum absolute atomic E-state index is 2.50. The minimum Gasteiger partial charge on any atom is -0.312 e. The molecule has 1 aliphatic heterocycles. The first kappa shape index (κ1) is 28.7. The van der Waals surface area contributed by atoms with Crippen LogP contribution in [0.4, 0.5) is 28.4 Å². The molecule has 0 N–H and O–H groups in total. The Morgan fingerprint density at radius 2 is 1.40 bits per heavy atom. The molecule has 0 fully saturated rings. The lowest BCUT2D eigenvalue weighted by Gasteiger charge is -2.38. The molecule has 48 heavy (non-hydrogen) atoms. The maximum atomic E-state index is 2.50. The standard InChI is InChI=1S/C45H37BN2/c1-31-15-13-26-44-45(31)46(41-23-11-12-24-43(41)48(44)35-19-7-4-8-20-35)40-28-27-36(29-32(40)2)47(34-17-5-3-6-18-34)42-25-14-22-38-37-21-10-9-16-33(37)30-39(38)42/h4-5,7-29H,3,6,30H2,1-2H3. The van der Waals surface area contributed by atoms with Crippen molar-refractivity contribution in [2.45, 2.75) is 33.1 Å². The first-order chi connectivity index (χ1) is 23.7. The fourth-order valence-corrected chi connectivity index (χ4v) is 8.30. The summed E-state index contributed by atoms with van der Waals surface area (Å²) < 4.78 is 0. The molecule has 9 rings (SSSR count). The molecule has 0 amide bonds. The van der Waals surface area contributed by atoms with Gasteiger partial charge in [-0.15, -0.1) is 0 Å². The molecule has 3 aliphatic rings. The summed E-state index contributed by atoms with van der Waals surface area (Å²) in [4.78, 5) is 4.94. The van der Waals surface area contributed by atoms with Crippen LogP contribution in [0.2, 0.25) is 0 Å². The highest BCUT2D eigenvalue weighted by atomic mass is 15.2. The van der Waals surface area contributed by atoms with Crippen molar-refractivity contribution in [3.63, 3.8) is 0 Å². The zero-order chi connectivity index (χ0) is 32.2. The highest BCUT2D eigenvalue weighted by Crippen LogP contribution is 2.45. The summed E-state index contributed by atoms with van der Waals surface area (Å²) in [6, 6.07) is 49.4. The van der Waals surface area contributed by atoms with Gasteiger partial charge in [0.15, 0.2) is 0 Å². The number of hydrogen-bond donors (Lipinski definition) is 0. The number of hydrogen-bond acceptors (Lipinski definition) is 2. The van der Waals surface area contributed by atoms with Crippen molar-refractivity contribution < 1.29 is 0 Å². The highest BCUT2D eigenvalue weighted by molar-refractivity contribution is 6.98. The van der Waals surface area contributed by atoms with Crippen molar-refractivity contribution in [3.05, 3.63) is 180 Å². The van der Waals surface area contributed by atoms with Crippen LogP contribution in [0.5, 0.6) is 0 Å². The molecule has 0 radical (unpaired) electrons. The molecule has 6 aromatic rings. The highest BCUT2D eigenvalue weighted by Gasteiger charge is 2.37. The van der Waals surface area contributed by atoms with Crippen LogP contribution in [-0.2, 0) is 6.42 Å². The van der Waals surface area contributed by atoms with Gasteiger partial charge in [0.2, 0.25) is 6.71 Å². The van der Waals surface area contributed by atoms with Gasteiger partial charge >= 0.3 is 0 Å². The molecule has 0 unspecified atom stereocenters. The summed E-state index contributed by atoms with van der Waals surface area (Å²) in [7, 11) is 0. The molecule has 0 spiro atoms. The van der Waals surface area contributed by atoms with Crippen molar-refractivity contribution in [1.29, 1.82) is 0 Å². The molecule has 0 bridgehead atoms. The number of benzene rings is 6. The van der Waals surface area contributed by atoms with Crippen molar-refractivity contribution in [3.8, 4) is 11.1 Å². The minimum absolute atomic E-state index is 0.129. The third-order valence-electron chi connectivity index (χ3n) is 10.5. The topological polar surface area (TPSA) is 6.48 Å². The fraction of sp³-hybridized carbons (Fsp3) is 0.111. The SMILES string of the molecule is Cc1cc(N(C2=CCCC=C2)c2cccc3c2Cc2ccccc2-3)ccc1B1c2ccccc2N(c2ccccc2)c2cccc(C)c21. The van der Waals surface area contributed by atoms with E-state index in [0.717, 1.165) is 19.3 Å². The van der Waals surface area contributed by atoms with E-state index in [1.54, 1.807) is 0 Å². The lowest BCUT2D eigenvalue weighted by molar-refractivity contribution is 0.994. The molecule has 0 aromatic heterocycles. The zero-order valence-corrected chi connectivity index (χ0v) is 27.5. The predicted octanol–water partition coefficient (Wildman–Crippen LogP) is 9.55. The molecule has 0 saturated carbocycles. The molecule has 0 atom stereocenters. The Labute approximate surface area is 284 Å². The fourth-order valence-electron chi connectivity index (χ4n) is 8.30. The maximum Gasteiger partial charge on any atom is 0.247 e. The van der Waals surface area contributed by atoms with Crippen LogP contribution in [0.1, 0.15) is 35.1 Å². The number of allylic oxidation sites excluding steroid dienone is 3. The van der Waals surface area contributed by atoms with E-state index in [9.17, 15) is 0 Å². The van der Waals surface area contributed by atoms with Gasteiger partial charge in [0.05, 0.1) is 5.69 Å². The number of nitrogens with zero attached hydrogens (tertiary/aromatic N) is 2. The van der Waals surface area contributed by atoms with Gasteiger partial charge in [-0.05, 0) is 108 Å². The van der Waals surface area contributed by atoms with E-state index in [1.807, 2.05) is 0 Å². The average Bonchev–Trinajstić information content (AvgIpc) is 3.52. The summed E-state index contributed by atoms with van der Waals surface area (Å²) in [5.41, 5.74) is 19.6. The van der Waals surface area contributed by atoms with Crippen LogP contribution in [-0.4, -0.2) is 6.71 Å². The van der Waals surface area contributed by atoms with Crippen molar-refractivity contribution in [2.75, 3.05) is 9.80 Å². The molecular formula is C45H37BN2. The second-order valence-electron chi connectivity index (χ2n) is 13.3. The monoisotopic (exact) mass is 616 g/mol. The van der Waals surface area contributed by atoms with E-state index in [0.29, 0.717) is 0 Å². The van der Waals surface area contributed by atoms with E-state index in [4.69, 9.17) is 0 Å². The molecule has 3 heteroatoms. The van der Waals surface area contributed by atoms with Crippen molar-refractivity contribution >= 4 is 51.5 Å². The Kier molecular flexibility index (Phi) is 6.94. The van der Waals surface area contributed by atoms with Gasteiger partial charge in [0.1, 0.15) is 0 Å². The number of rotatable bonds is 5. The summed E-state index contributed by atoms with van der Waals surface area (Å²) in [5.74, 6) is 0. The lowest BCUT2D eigenvalue weighted by Crippen LogP contribution is -2.58. The second-order valence-corrected chi connectivity index (χ2v) is 13.3. The summed E-state index contributed by atoms with van der Waals surface area (Å²) in [6.07, 6.45) is 10.1. The number of fused-ring (bicyclic) bond motifs is 5. The second kappa shape index (κ2) is 11.6. The number of para-hydroxylation sites is 2. The normalized spacial score (nSPS) is 14.2. The van der Waals surface area contributed by atoms with Gasteiger partial charge < -0.3 is 9.80 Å². The quantitative estimate of drug-likeness (QED) is 0.178. The molecular weight excluding hydrogens is 579 g/mol. The smallest absolute Gasteiger partial charge is 0.247 e. The molecule has 0 saturated heterocycles. The van der Waals surface area contributed by atoms with Crippen molar-refractivity contribution in [1.82, 2.24) is 0 Å². The van der Waals surface area contributed by atoms with Crippen LogP contribution < -0.4 is 26.2 Å². The summed E-state index contributed by atoms with van der Waals surface area (Å²) >= 11 is 0. The molecule has 2 aliphatic carbocycles. The Hall–Kier alpha value is -5.54. The first-order valence-corrected chi connectivity index (χ1v) is 17.2. The van der Waals surface area contributed by atoms with Crippen LogP contribution in [0.25, 0.3) is 11.1 Å². The Bertz CT molecular complexity index is 2260. The number of anilines is 5. The summed E-state index contributed by atoms with van der Waals surface area (Å²) in [5, 5.41) is 0. The Morgan fingerprint density at radius 3 is 2.25 bits per heavy atom. The molecule has 1 heterocycles. The van der Waals surface area contributed by atoms with Gasteiger partial charge in [-0.1, -0.05) is 120 Å². The zero-order valence-electron chi connectivity index (χ0n) is 27.5. The summed E-state index contributed by atoms with van der Waals surface area (Å²) in [6.45, 7) is 4.70. The van der Waals surface area contributed by atoms with Gasteiger partial charge in [-0.3, -0.25) is 0 Å². The molecule has 2 nitrogen and oxygen atoms in total. The molecule has 6 aromatic carbocycles. The van der Waals surface area contributed by atoms with Gasteiger partial charge in [0.25, 0.3) is 0 Å². The third-order valence-corrected chi connectivity index (χ3v) is 10.5. The van der Waals surface area contributed by atoms with E-state index in [2.05, 4.69) is 175 Å². The third kappa shape index (κ3) is 4.57. The van der Waals surface area contributed by atoms with E-state index in [1.165, 1.54) is 83.9 Å². The van der Waals surface area contributed by atoms with Crippen LogP contribution >= 0.6 is 0 Å². The van der Waals surface area contributed by atoms with Crippen LogP contribution in [0.15, 0.2) is 157 Å². The van der Waals surface area contributed by atoms with Gasteiger partial charge in [0, 0.05) is 34.9 Å². The van der Waals surface area contributed by atoms with Crippen molar-refractivity contribution in [2.24, 2.45) is 0 Å². The van der Waals surface area contributed by atoms with E-state index in [-0.39, 0.29) is 6.71 Å². The Balaban J connectivity index is 1.20. The minimum atomic E-state index is 0.129. The largest absolute Gasteiger partial charge is 0.312 e. The molecule has 230 valence electrons. The van der Waals surface area contributed by atoms with E-state index >= 15 is 0 Å². The van der Waals surface area contributed by atoms with Gasteiger partial charge in [-0.25, -0.2) is 0 Å². The average molecular weight is 617 g/mol. The lowest BCUT2D eigenvalue weighted by atomic mass is 9.34.